The van der Waals surface area contributed by atoms with Crippen LogP contribution in [0, 0.1) is 6.92 Å². The molecular formula is C21H27ClN2O5S. The quantitative estimate of drug-likeness (QED) is 0.623. The van der Waals surface area contributed by atoms with Gasteiger partial charge in [0.25, 0.3) is 10.0 Å². The van der Waals surface area contributed by atoms with Crippen molar-refractivity contribution in [3.05, 3.63) is 47.0 Å². The fourth-order valence-electron chi connectivity index (χ4n) is 2.78. The third kappa shape index (κ3) is 5.37. The van der Waals surface area contributed by atoms with E-state index in [0.29, 0.717) is 5.75 Å². The van der Waals surface area contributed by atoms with Gasteiger partial charge in [-0.2, -0.15) is 0 Å². The second kappa shape index (κ2) is 10.0. The predicted molar refractivity (Wildman–Crippen MR) is 118 cm³/mol. The molecule has 0 saturated heterocycles. The van der Waals surface area contributed by atoms with Crippen molar-refractivity contribution in [2.24, 2.45) is 0 Å². The largest absolute Gasteiger partial charge is 0.495 e. The average molecular weight is 455 g/mol. The molecule has 0 saturated carbocycles. The molecule has 1 N–H and O–H groups in total. The normalized spacial score (nSPS) is 12.2. The van der Waals surface area contributed by atoms with E-state index in [9.17, 15) is 13.2 Å². The minimum absolute atomic E-state index is 0.0340. The maximum atomic E-state index is 13.6. The predicted octanol–water partition coefficient (Wildman–Crippen LogP) is 3.78. The van der Waals surface area contributed by atoms with Crippen LogP contribution < -0.4 is 19.1 Å². The van der Waals surface area contributed by atoms with Crippen molar-refractivity contribution in [2.75, 3.05) is 25.1 Å². The Labute approximate surface area is 183 Å². The zero-order valence-corrected chi connectivity index (χ0v) is 19.3. The van der Waals surface area contributed by atoms with Crippen molar-refractivity contribution in [1.29, 1.82) is 0 Å². The molecule has 0 spiro atoms. The van der Waals surface area contributed by atoms with E-state index in [0.717, 1.165) is 16.3 Å². The Balaban J connectivity index is 2.59. The summed E-state index contributed by atoms with van der Waals surface area (Å²) in [5.74, 6) is 0.161. The van der Waals surface area contributed by atoms with Gasteiger partial charge in [-0.15, -0.1) is 0 Å². The number of carbonyl (C=O) groups is 1. The van der Waals surface area contributed by atoms with E-state index in [4.69, 9.17) is 21.1 Å². The minimum Gasteiger partial charge on any atom is -0.495 e. The number of nitrogens with one attached hydrogen (secondary N) is 1. The van der Waals surface area contributed by atoms with Gasteiger partial charge in [-0.1, -0.05) is 24.6 Å². The van der Waals surface area contributed by atoms with Crippen LogP contribution in [0.1, 0.15) is 25.8 Å². The number of halogens is 1. The van der Waals surface area contributed by atoms with Gasteiger partial charge in [0, 0.05) is 6.04 Å². The number of amides is 1. The molecule has 0 aliphatic carbocycles. The number of sulfonamides is 1. The molecule has 0 aromatic heterocycles. The molecule has 2 aromatic rings. The molecule has 0 heterocycles. The summed E-state index contributed by atoms with van der Waals surface area (Å²) < 4.78 is 38.7. The molecule has 0 unspecified atom stereocenters. The SMILES string of the molecule is CC[C@H](C)NC(=O)CN(c1ccc(OC)c(Cl)c1)S(=O)(=O)c1cc(C)ccc1OC. The van der Waals surface area contributed by atoms with E-state index >= 15 is 0 Å². The Hall–Kier alpha value is -2.45. The first-order chi connectivity index (χ1) is 14.1. The molecule has 0 bridgehead atoms. The highest BCUT2D eigenvalue weighted by molar-refractivity contribution is 7.93. The molecule has 2 rings (SSSR count). The number of aryl methyl sites for hydroxylation is 1. The van der Waals surface area contributed by atoms with Gasteiger partial charge in [-0.3, -0.25) is 9.10 Å². The molecular weight excluding hydrogens is 428 g/mol. The van der Waals surface area contributed by atoms with Crippen molar-refractivity contribution in [3.8, 4) is 11.5 Å². The number of hydrogen-bond acceptors (Lipinski definition) is 5. The Kier molecular flexibility index (Phi) is 7.97. The molecule has 0 fully saturated rings. The van der Waals surface area contributed by atoms with E-state index in [1.54, 1.807) is 31.2 Å². The van der Waals surface area contributed by atoms with Crippen molar-refractivity contribution in [1.82, 2.24) is 5.32 Å². The summed E-state index contributed by atoms with van der Waals surface area (Å²) >= 11 is 6.23. The van der Waals surface area contributed by atoms with Gasteiger partial charge in [0.2, 0.25) is 5.91 Å². The van der Waals surface area contributed by atoms with Crippen LogP contribution in [0.3, 0.4) is 0 Å². The summed E-state index contributed by atoms with van der Waals surface area (Å²) in [6.07, 6.45) is 0.721. The highest BCUT2D eigenvalue weighted by atomic mass is 35.5. The lowest BCUT2D eigenvalue weighted by Crippen LogP contribution is -2.43. The molecule has 0 radical (unpaired) electrons. The highest BCUT2D eigenvalue weighted by Gasteiger charge is 2.31. The number of rotatable bonds is 9. The van der Waals surface area contributed by atoms with Crippen LogP contribution in [-0.4, -0.2) is 41.1 Å². The van der Waals surface area contributed by atoms with Crippen molar-refractivity contribution in [2.45, 2.75) is 38.1 Å². The zero-order valence-electron chi connectivity index (χ0n) is 17.7. The Morgan fingerprint density at radius 3 is 2.33 bits per heavy atom. The molecule has 7 nitrogen and oxygen atoms in total. The zero-order chi connectivity index (χ0) is 22.5. The molecule has 1 amide bonds. The summed E-state index contributed by atoms with van der Waals surface area (Å²) in [5.41, 5.74) is 0.981. The summed E-state index contributed by atoms with van der Waals surface area (Å²) in [7, 11) is -1.28. The third-order valence-corrected chi connectivity index (χ3v) is 6.71. The summed E-state index contributed by atoms with van der Waals surface area (Å²) in [4.78, 5) is 12.6. The van der Waals surface area contributed by atoms with Gasteiger partial charge in [-0.05, 0) is 56.2 Å². The van der Waals surface area contributed by atoms with Gasteiger partial charge >= 0.3 is 0 Å². The van der Waals surface area contributed by atoms with E-state index in [1.807, 2.05) is 13.8 Å². The fourth-order valence-corrected chi connectivity index (χ4v) is 4.69. The lowest BCUT2D eigenvalue weighted by Gasteiger charge is -2.26. The Bertz CT molecular complexity index is 1010. The lowest BCUT2D eigenvalue weighted by atomic mass is 10.2. The smallest absolute Gasteiger partial charge is 0.268 e. The number of anilines is 1. The molecule has 2 aromatic carbocycles. The third-order valence-electron chi connectivity index (χ3n) is 4.62. The van der Waals surface area contributed by atoms with Gasteiger partial charge in [0.05, 0.1) is 24.9 Å². The number of nitrogens with zero attached hydrogens (tertiary/aromatic N) is 1. The van der Waals surface area contributed by atoms with E-state index in [1.165, 1.54) is 26.4 Å². The second-order valence-corrected chi connectivity index (χ2v) is 9.10. The monoisotopic (exact) mass is 454 g/mol. The van der Waals surface area contributed by atoms with E-state index in [2.05, 4.69) is 5.32 Å². The molecule has 0 aliphatic rings. The Morgan fingerprint density at radius 1 is 1.13 bits per heavy atom. The minimum atomic E-state index is -4.15. The first-order valence-corrected chi connectivity index (χ1v) is 11.3. The van der Waals surface area contributed by atoms with E-state index < -0.39 is 22.5 Å². The summed E-state index contributed by atoms with van der Waals surface area (Å²) in [5, 5.41) is 3.03. The summed E-state index contributed by atoms with van der Waals surface area (Å²) in [6, 6.07) is 9.31. The topological polar surface area (TPSA) is 84.9 Å². The van der Waals surface area contributed by atoms with Gasteiger partial charge in [0.15, 0.2) is 0 Å². The maximum absolute atomic E-state index is 13.6. The fraction of sp³-hybridized carbons (Fsp3) is 0.381. The molecule has 0 aliphatic heterocycles. The first kappa shape index (κ1) is 23.8. The van der Waals surface area contributed by atoms with Crippen LogP contribution in [0.25, 0.3) is 0 Å². The molecule has 164 valence electrons. The van der Waals surface area contributed by atoms with Gasteiger partial charge in [-0.25, -0.2) is 8.42 Å². The van der Waals surface area contributed by atoms with E-state index in [-0.39, 0.29) is 27.4 Å². The highest BCUT2D eigenvalue weighted by Crippen LogP contribution is 2.34. The second-order valence-electron chi connectivity index (χ2n) is 6.86. The lowest BCUT2D eigenvalue weighted by molar-refractivity contribution is -0.120. The van der Waals surface area contributed by atoms with Crippen molar-refractivity contribution in [3.63, 3.8) is 0 Å². The molecule has 1 atom stereocenters. The van der Waals surface area contributed by atoms with Crippen LogP contribution in [0.5, 0.6) is 11.5 Å². The first-order valence-electron chi connectivity index (χ1n) is 9.44. The molecule has 30 heavy (non-hydrogen) atoms. The Morgan fingerprint density at radius 2 is 1.77 bits per heavy atom. The van der Waals surface area contributed by atoms with Crippen molar-refractivity contribution >= 4 is 33.2 Å². The maximum Gasteiger partial charge on any atom is 0.268 e. The van der Waals surface area contributed by atoms with Crippen LogP contribution in [0.4, 0.5) is 5.69 Å². The van der Waals surface area contributed by atoms with Crippen LogP contribution >= 0.6 is 11.6 Å². The molecule has 9 heteroatoms. The number of carbonyl (C=O) groups excluding carboxylic acids is 1. The standard InChI is InChI=1S/C21H27ClN2O5S/c1-6-15(3)23-21(25)13-24(16-8-10-18(28-4)17(22)12-16)30(26,27)20-11-14(2)7-9-19(20)29-5/h7-12,15H,6,13H2,1-5H3,(H,23,25)/t15-/m0/s1. The number of ether oxygens (including phenoxy) is 2. The number of benzene rings is 2. The van der Waals surface area contributed by atoms with Crippen LogP contribution in [0.15, 0.2) is 41.3 Å². The number of methoxy groups -OCH3 is 2. The van der Waals surface area contributed by atoms with Gasteiger partial charge < -0.3 is 14.8 Å². The van der Waals surface area contributed by atoms with Crippen molar-refractivity contribution < 1.29 is 22.7 Å². The summed E-state index contributed by atoms with van der Waals surface area (Å²) in [6.45, 7) is 5.15. The van der Waals surface area contributed by atoms with Crippen LogP contribution in [-0.2, 0) is 14.8 Å². The average Bonchev–Trinajstić information content (AvgIpc) is 2.71. The van der Waals surface area contributed by atoms with Gasteiger partial charge in [0.1, 0.15) is 22.9 Å². The number of hydrogen-bond donors (Lipinski definition) is 1. The van der Waals surface area contributed by atoms with Crippen LogP contribution in [0.2, 0.25) is 5.02 Å².